The minimum atomic E-state index is -0.918. The van der Waals surface area contributed by atoms with Crippen molar-refractivity contribution < 1.29 is 19.1 Å². The summed E-state index contributed by atoms with van der Waals surface area (Å²) in [5.41, 5.74) is 0.532. The molecule has 20 heavy (non-hydrogen) atoms. The van der Waals surface area contributed by atoms with E-state index >= 15 is 0 Å². The zero-order valence-corrected chi connectivity index (χ0v) is 12.7. The van der Waals surface area contributed by atoms with Gasteiger partial charge in [0.15, 0.2) is 0 Å². The highest BCUT2D eigenvalue weighted by Gasteiger charge is 2.17. The number of carbonyl (C=O) groups is 2. The lowest BCUT2D eigenvalue weighted by atomic mass is 10.0. The first kappa shape index (κ1) is 16.6. The van der Waals surface area contributed by atoms with Gasteiger partial charge in [0.25, 0.3) is 0 Å². The van der Waals surface area contributed by atoms with E-state index in [0.29, 0.717) is 16.5 Å². The van der Waals surface area contributed by atoms with Crippen molar-refractivity contribution in [3.63, 3.8) is 0 Å². The number of benzene rings is 1. The maximum Gasteiger partial charge on any atom is 0.308 e. The Kier molecular flexibility index (Phi) is 6.64. The van der Waals surface area contributed by atoms with Gasteiger partial charge in [0.1, 0.15) is 5.82 Å². The van der Waals surface area contributed by atoms with E-state index in [1.807, 2.05) is 6.92 Å². The number of hydrogen-bond acceptors (Lipinski definition) is 2. The molecular weight excluding hydrogens is 329 g/mol. The normalized spacial score (nSPS) is 11.9. The third-order valence-corrected chi connectivity index (χ3v) is 3.66. The Balaban J connectivity index is 2.55. The summed E-state index contributed by atoms with van der Waals surface area (Å²) in [6.45, 7) is 1.98. The Bertz CT molecular complexity index is 493. The first-order chi connectivity index (χ1) is 9.43. The minimum absolute atomic E-state index is 0.0107. The lowest BCUT2D eigenvalue weighted by Gasteiger charge is -2.12. The van der Waals surface area contributed by atoms with Crippen LogP contribution in [0.15, 0.2) is 22.7 Å². The predicted octanol–water partition coefficient (Wildman–Crippen LogP) is 2.75. The Hall–Kier alpha value is -1.43. The van der Waals surface area contributed by atoms with E-state index in [2.05, 4.69) is 21.2 Å². The van der Waals surface area contributed by atoms with Crippen LogP contribution in [0, 0.1) is 11.7 Å². The average molecular weight is 346 g/mol. The quantitative estimate of drug-likeness (QED) is 0.798. The molecule has 1 aromatic carbocycles. The molecule has 1 unspecified atom stereocenters. The van der Waals surface area contributed by atoms with Gasteiger partial charge in [0.05, 0.1) is 12.3 Å². The molecule has 1 aromatic rings. The van der Waals surface area contributed by atoms with Crippen LogP contribution in [0.3, 0.4) is 0 Å². The number of nitrogens with one attached hydrogen (secondary N) is 1. The molecule has 0 aliphatic carbocycles. The second-order valence-corrected chi connectivity index (χ2v) is 5.39. The van der Waals surface area contributed by atoms with Gasteiger partial charge in [-0.05, 0) is 30.2 Å². The molecule has 0 radical (unpaired) electrons. The van der Waals surface area contributed by atoms with Gasteiger partial charge in [-0.2, -0.15) is 0 Å². The zero-order chi connectivity index (χ0) is 15.1. The van der Waals surface area contributed by atoms with E-state index < -0.39 is 17.7 Å². The van der Waals surface area contributed by atoms with E-state index in [4.69, 9.17) is 5.11 Å². The number of hydrogen-bond donors (Lipinski definition) is 2. The smallest absolute Gasteiger partial charge is 0.308 e. The van der Waals surface area contributed by atoms with Crippen LogP contribution in [0.5, 0.6) is 0 Å². The Morgan fingerprint density at radius 2 is 2.15 bits per heavy atom. The van der Waals surface area contributed by atoms with Gasteiger partial charge in [-0.25, -0.2) is 4.39 Å². The maximum atomic E-state index is 13.1. The summed E-state index contributed by atoms with van der Waals surface area (Å²) in [5, 5.41) is 11.6. The highest BCUT2D eigenvalue weighted by atomic mass is 79.9. The SMILES string of the molecule is CCCC(CNC(=O)Cc1cc(F)ccc1Br)C(=O)O. The zero-order valence-electron chi connectivity index (χ0n) is 11.2. The van der Waals surface area contributed by atoms with Crippen molar-refractivity contribution in [2.24, 2.45) is 5.92 Å². The molecule has 0 fully saturated rings. The lowest BCUT2D eigenvalue weighted by Crippen LogP contribution is -2.33. The van der Waals surface area contributed by atoms with Gasteiger partial charge in [0, 0.05) is 11.0 Å². The van der Waals surface area contributed by atoms with Gasteiger partial charge in [0.2, 0.25) is 5.91 Å². The Morgan fingerprint density at radius 3 is 2.75 bits per heavy atom. The Labute approximate surface area is 125 Å². The topological polar surface area (TPSA) is 66.4 Å². The fourth-order valence-electron chi connectivity index (χ4n) is 1.81. The minimum Gasteiger partial charge on any atom is -0.481 e. The van der Waals surface area contributed by atoms with Crippen LogP contribution < -0.4 is 5.32 Å². The molecule has 110 valence electrons. The monoisotopic (exact) mass is 345 g/mol. The predicted molar refractivity (Wildman–Crippen MR) is 76.8 cm³/mol. The largest absolute Gasteiger partial charge is 0.481 e. The van der Waals surface area contributed by atoms with Gasteiger partial charge in [-0.1, -0.05) is 29.3 Å². The molecule has 6 heteroatoms. The van der Waals surface area contributed by atoms with Crippen LogP contribution in [0.4, 0.5) is 4.39 Å². The highest BCUT2D eigenvalue weighted by molar-refractivity contribution is 9.10. The van der Waals surface area contributed by atoms with Crippen LogP contribution in [-0.4, -0.2) is 23.5 Å². The first-order valence-electron chi connectivity index (χ1n) is 6.37. The molecule has 0 aliphatic heterocycles. The van der Waals surface area contributed by atoms with Crippen LogP contribution >= 0.6 is 15.9 Å². The molecule has 4 nitrogen and oxygen atoms in total. The van der Waals surface area contributed by atoms with Gasteiger partial charge < -0.3 is 10.4 Å². The third-order valence-electron chi connectivity index (χ3n) is 2.89. The summed E-state index contributed by atoms with van der Waals surface area (Å²) in [6, 6.07) is 4.12. The van der Waals surface area contributed by atoms with E-state index in [1.165, 1.54) is 18.2 Å². The van der Waals surface area contributed by atoms with Crippen LogP contribution in [0.25, 0.3) is 0 Å². The van der Waals surface area contributed by atoms with Crippen molar-refractivity contribution in [1.29, 1.82) is 0 Å². The fourth-order valence-corrected chi connectivity index (χ4v) is 2.20. The summed E-state index contributed by atoms with van der Waals surface area (Å²) in [4.78, 5) is 22.7. The summed E-state index contributed by atoms with van der Waals surface area (Å²) in [5.74, 6) is -2.23. The molecule has 1 rings (SSSR count). The van der Waals surface area contributed by atoms with E-state index in [-0.39, 0.29) is 18.9 Å². The standard InChI is InChI=1S/C14H17BrFNO3/c1-2-3-9(14(19)20)8-17-13(18)7-10-6-11(16)4-5-12(10)15/h4-6,9H,2-3,7-8H2,1H3,(H,17,18)(H,19,20). The summed E-state index contributed by atoms with van der Waals surface area (Å²) in [6.07, 6.45) is 1.26. The molecular formula is C14H17BrFNO3. The summed E-state index contributed by atoms with van der Waals surface area (Å²) < 4.78 is 13.7. The van der Waals surface area contributed by atoms with Crippen molar-refractivity contribution in [2.45, 2.75) is 26.2 Å². The van der Waals surface area contributed by atoms with Crippen molar-refractivity contribution in [3.8, 4) is 0 Å². The van der Waals surface area contributed by atoms with Crippen molar-refractivity contribution >= 4 is 27.8 Å². The lowest BCUT2D eigenvalue weighted by molar-refractivity contribution is -0.141. The number of carboxylic acids is 1. The summed E-state index contributed by atoms with van der Waals surface area (Å²) >= 11 is 3.25. The van der Waals surface area contributed by atoms with Crippen LogP contribution in [0.2, 0.25) is 0 Å². The molecule has 0 saturated carbocycles. The molecule has 0 aliphatic rings. The second kappa shape index (κ2) is 7.99. The maximum absolute atomic E-state index is 13.1. The number of halogens is 2. The molecule has 1 amide bonds. The summed E-state index contributed by atoms with van der Waals surface area (Å²) in [7, 11) is 0. The molecule has 0 spiro atoms. The third kappa shape index (κ3) is 5.28. The van der Waals surface area contributed by atoms with E-state index in [1.54, 1.807) is 0 Å². The number of carboxylic acid groups (broad SMARTS) is 1. The van der Waals surface area contributed by atoms with Gasteiger partial charge >= 0.3 is 5.97 Å². The van der Waals surface area contributed by atoms with Gasteiger partial charge in [-0.15, -0.1) is 0 Å². The number of amides is 1. The molecule has 0 bridgehead atoms. The number of carbonyl (C=O) groups excluding carboxylic acids is 1. The fraction of sp³-hybridized carbons (Fsp3) is 0.429. The van der Waals surface area contributed by atoms with Crippen LogP contribution in [-0.2, 0) is 16.0 Å². The number of aliphatic carboxylic acids is 1. The highest BCUT2D eigenvalue weighted by Crippen LogP contribution is 2.18. The van der Waals surface area contributed by atoms with Gasteiger partial charge in [-0.3, -0.25) is 9.59 Å². The average Bonchev–Trinajstić information content (AvgIpc) is 2.38. The van der Waals surface area contributed by atoms with E-state index in [0.717, 1.165) is 6.42 Å². The molecule has 1 atom stereocenters. The Morgan fingerprint density at radius 1 is 1.45 bits per heavy atom. The molecule has 0 aromatic heterocycles. The molecule has 0 saturated heterocycles. The van der Waals surface area contributed by atoms with Crippen LogP contribution in [0.1, 0.15) is 25.3 Å². The van der Waals surface area contributed by atoms with E-state index in [9.17, 15) is 14.0 Å². The number of rotatable bonds is 7. The molecule has 0 heterocycles. The second-order valence-electron chi connectivity index (χ2n) is 4.54. The first-order valence-corrected chi connectivity index (χ1v) is 7.16. The van der Waals surface area contributed by atoms with Crippen molar-refractivity contribution in [3.05, 3.63) is 34.1 Å². The molecule has 2 N–H and O–H groups in total. The van der Waals surface area contributed by atoms with Crippen molar-refractivity contribution in [2.75, 3.05) is 6.54 Å². The van der Waals surface area contributed by atoms with Crippen molar-refractivity contribution in [1.82, 2.24) is 5.32 Å².